The number of benzene rings is 2. The highest BCUT2D eigenvalue weighted by atomic mass is 19.2. The van der Waals surface area contributed by atoms with E-state index in [-0.39, 0.29) is 11.1 Å². The SMILES string of the molecule is Cc1ccc(F)c(C(=O)c2ccc(F)c(F)c2)c1. The fourth-order valence-electron chi connectivity index (χ4n) is 1.61. The Morgan fingerprint density at radius 2 is 1.56 bits per heavy atom. The molecule has 0 saturated carbocycles. The summed E-state index contributed by atoms with van der Waals surface area (Å²) in [7, 11) is 0. The van der Waals surface area contributed by atoms with Gasteiger partial charge in [-0.25, -0.2) is 13.2 Å². The number of hydrogen-bond donors (Lipinski definition) is 0. The van der Waals surface area contributed by atoms with Crippen molar-refractivity contribution in [3.8, 4) is 0 Å². The molecule has 0 aliphatic heterocycles. The molecule has 2 aromatic rings. The second kappa shape index (κ2) is 4.64. The van der Waals surface area contributed by atoms with Crippen molar-refractivity contribution in [2.45, 2.75) is 6.92 Å². The standard InChI is InChI=1S/C14H9F3O/c1-8-2-4-11(15)10(6-8)14(18)9-3-5-12(16)13(17)7-9/h2-7H,1H3. The average Bonchev–Trinajstić information content (AvgIpc) is 2.35. The van der Waals surface area contributed by atoms with Crippen molar-refractivity contribution in [2.75, 3.05) is 0 Å². The predicted octanol–water partition coefficient (Wildman–Crippen LogP) is 3.64. The Balaban J connectivity index is 2.47. The van der Waals surface area contributed by atoms with E-state index in [0.29, 0.717) is 5.56 Å². The minimum Gasteiger partial charge on any atom is -0.288 e. The number of carbonyl (C=O) groups excluding carboxylic acids is 1. The Kier molecular flexibility index (Phi) is 3.19. The van der Waals surface area contributed by atoms with E-state index >= 15 is 0 Å². The third kappa shape index (κ3) is 2.27. The topological polar surface area (TPSA) is 17.1 Å². The van der Waals surface area contributed by atoms with Gasteiger partial charge in [-0.1, -0.05) is 11.6 Å². The molecule has 0 unspecified atom stereocenters. The van der Waals surface area contributed by atoms with E-state index in [9.17, 15) is 18.0 Å². The van der Waals surface area contributed by atoms with Gasteiger partial charge in [-0.15, -0.1) is 0 Å². The summed E-state index contributed by atoms with van der Waals surface area (Å²) in [6.45, 7) is 1.71. The molecule has 0 atom stereocenters. The Hall–Kier alpha value is -2.10. The van der Waals surface area contributed by atoms with Crippen LogP contribution in [0.15, 0.2) is 36.4 Å². The van der Waals surface area contributed by atoms with Gasteiger partial charge in [-0.05, 0) is 37.3 Å². The summed E-state index contributed by atoms with van der Waals surface area (Å²) in [4.78, 5) is 12.0. The monoisotopic (exact) mass is 250 g/mol. The van der Waals surface area contributed by atoms with Crippen molar-refractivity contribution in [3.63, 3.8) is 0 Å². The maximum Gasteiger partial charge on any atom is 0.196 e. The second-order valence-corrected chi connectivity index (χ2v) is 3.94. The first-order valence-corrected chi connectivity index (χ1v) is 5.25. The molecule has 1 nitrogen and oxygen atoms in total. The Morgan fingerprint density at radius 3 is 2.22 bits per heavy atom. The highest BCUT2D eigenvalue weighted by Gasteiger charge is 2.15. The van der Waals surface area contributed by atoms with E-state index < -0.39 is 23.2 Å². The lowest BCUT2D eigenvalue weighted by Gasteiger charge is -2.04. The maximum absolute atomic E-state index is 13.5. The first-order chi connectivity index (χ1) is 8.49. The van der Waals surface area contributed by atoms with Gasteiger partial charge in [0.1, 0.15) is 5.82 Å². The van der Waals surface area contributed by atoms with Crippen LogP contribution in [0.3, 0.4) is 0 Å². The van der Waals surface area contributed by atoms with Crippen LogP contribution < -0.4 is 0 Å². The van der Waals surface area contributed by atoms with Gasteiger partial charge in [0, 0.05) is 5.56 Å². The van der Waals surface area contributed by atoms with Crippen LogP contribution in [-0.2, 0) is 0 Å². The summed E-state index contributed by atoms with van der Waals surface area (Å²) >= 11 is 0. The van der Waals surface area contributed by atoms with Crippen LogP contribution in [0.4, 0.5) is 13.2 Å². The van der Waals surface area contributed by atoms with Crippen LogP contribution >= 0.6 is 0 Å². The largest absolute Gasteiger partial charge is 0.288 e. The third-order valence-corrected chi connectivity index (χ3v) is 2.55. The minimum atomic E-state index is -1.13. The molecule has 0 saturated heterocycles. The highest BCUT2D eigenvalue weighted by Crippen LogP contribution is 2.17. The van der Waals surface area contributed by atoms with Crippen molar-refractivity contribution in [1.29, 1.82) is 0 Å². The molecule has 0 heterocycles. The molecule has 0 radical (unpaired) electrons. The summed E-state index contributed by atoms with van der Waals surface area (Å²) in [5.74, 6) is -3.53. The van der Waals surface area contributed by atoms with Crippen LogP contribution in [0.25, 0.3) is 0 Å². The van der Waals surface area contributed by atoms with E-state index in [4.69, 9.17) is 0 Å². The van der Waals surface area contributed by atoms with Crippen LogP contribution in [0, 0.1) is 24.4 Å². The summed E-state index contributed by atoms with van der Waals surface area (Å²) in [5, 5.41) is 0. The van der Waals surface area contributed by atoms with E-state index in [2.05, 4.69) is 0 Å². The van der Waals surface area contributed by atoms with Gasteiger partial charge in [0.25, 0.3) is 0 Å². The molecule has 92 valence electrons. The summed E-state index contributed by atoms with van der Waals surface area (Å²) < 4.78 is 39.3. The molecule has 0 amide bonds. The van der Waals surface area contributed by atoms with Crippen molar-refractivity contribution >= 4 is 5.78 Å². The van der Waals surface area contributed by atoms with Crippen molar-refractivity contribution < 1.29 is 18.0 Å². The maximum atomic E-state index is 13.5. The van der Waals surface area contributed by atoms with Crippen molar-refractivity contribution in [3.05, 3.63) is 70.5 Å². The van der Waals surface area contributed by atoms with Crippen LogP contribution in [-0.4, -0.2) is 5.78 Å². The van der Waals surface area contributed by atoms with Gasteiger partial charge in [0.2, 0.25) is 0 Å². The molecule has 0 N–H and O–H groups in total. The van der Waals surface area contributed by atoms with Gasteiger partial charge in [0.05, 0.1) is 5.56 Å². The van der Waals surface area contributed by atoms with Crippen molar-refractivity contribution in [1.82, 2.24) is 0 Å². The number of ketones is 1. The van der Waals surface area contributed by atoms with E-state index in [0.717, 1.165) is 18.2 Å². The Labute approximate surface area is 102 Å². The fraction of sp³-hybridized carbons (Fsp3) is 0.0714. The molecule has 2 rings (SSSR count). The molecule has 0 spiro atoms. The summed E-state index contributed by atoms with van der Waals surface area (Å²) in [6.07, 6.45) is 0. The lowest BCUT2D eigenvalue weighted by atomic mass is 10.0. The summed E-state index contributed by atoms with van der Waals surface area (Å²) in [5.41, 5.74) is 0.474. The number of halogens is 3. The zero-order chi connectivity index (χ0) is 13.3. The molecule has 18 heavy (non-hydrogen) atoms. The lowest BCUT2D eigenvalue weighted by Crippen LogP contribution is -2.05. The number of aryl methyl sites for hydroxylation is 1. The fourth-order valence-corrected chi connectivity index (χ4v) is 1.61. The normalized spacial score (nSPS) is 10.4. The molecule has 0 bridgehead atoms. The minimum absolute atomic E-state index is 0.0848. The van der Waals surface area contributed by atoms with Gasteiger partial charge in [-0.2, -0.15) is 0 Å². The van der Waals surface area contributed by atoms with Crippen LogP contribution in [0.2, 0.25) is 0 Å². The first-order valence-electron chi connectivity index (χ1n) is 5.25. The first kappa shape index (κ1) is 12.4. The Morgan fingerprint density at radius 1 is 0.889 bits per heavy atom. The second-order valence-electron chi connectivity index (χ2n) is 3.94. The molecule has 0 aromatic heterocycles. The van der Waals surface area contributed by atoms with Gasteiger partial charge >= 0.3 is 0 Å². The zero-order valence-corrected chi connectivity index (χ0v) is 9.51. The van der Waals surface area contributed by atoms with Gasteiger partial charge in [-0.3, -0.25) is 4.79 Å². The van der Waals surface area contributed by atoms with Gasteiger partial charge < -0.3 is 0 Å². The highest BCUT2D eigenvalue weighted by molar-refractivity contribution is 6.09. The van der Waals surface area contributed by atoms with Crippen molar-refractivity contribution in [2.24, 2.45) is 0 Å². The average molecular weight is 250 g/mol. The lowest BCUT2D eigenvalue weighted by molar-refractivity contribution is 0.103. The van der Waals surface area contributed by atoms with E-state index in [1.54, 1.807) is 6.92 Å². The smallest absolute Gasteiger partial charge is 0.196 e. The molecule has 2 aromatic carbocycles. The number of rotatable bonds is 2. The van der Waals surface area contributed by atoms with Crippen LogP contribution in [0.5, 0.6) is 0 Å². The molecule has 0 aliphatic carbocycles. The molecular formula is C14H9F3O. The van der Waals surface area contributed by atoms with Gasteiger partial charge in [0.15, 0.2) is 17.4 Å². The Bertz CT molecular complexity index is 620. The molecule has 4 heteroatoms. The number of hydrogen-bond acceptors (Lipinski definition) is 1. The van der Waals surface area contributed by atoms with Crippen LogP contribution in [0.1, 0.15) is 21.5 Å². The van der Waals surface area contributed by atoms with E-state index in [1.165, 1.54) is 18.2 Å². The summed E-state index contributed by atoms with van der Waals surface area (Å²) in [6, 6.07) is 6.80. The van der Waals surface area contributed by atoms with E-state index in [1.807, 2.05) is 0 Å². The molecule has 0 fully saturated rings. The molecular weight excluding hydrogens is 241 g/mol. The third-order valence-electron chi connectivity index (χ3n) is 2.55. The zero-order valence-electron chi connectivity index (χ0n) is 9.51. The number of carbonyl (C=O) groups is 1. The predicted molar refractivity (Wildman–Crippen MR) is 60.9 cm³/mol. The quantitative estimate of drug-likeness (QED) is 0.743. The molecule has 0 aliphatic rings.